The lowest BCUT2D eigenvalue weighted by Gasteiger charge is -2.20. The zero-order valence-corrected chi connectivity index (χ0v) is 11.1. The quantitative estimate of drug-likeness (QED) is 0.864. The second-order valence-corrected chi connectivity index (χ2v) is 4.85. The first-order valence-corrected chi connectivity index (χ1v) is 5.88. The molecule has 0 aromatic heterocycles. The second kappa shape index (κ2) is 6.21. The highest BCUT2D eigenvalue weighted by molar-refractivity contribution is 5.88. The van der Waals surface area contributed by atoms with Crippen molar-refractivity contribution in [3.8, 4) is 0 Å². The van der Waals surface area contributed by atoms with Crippen molar-refractivity contribution in [2.75, 3.05) is 11.9 Å². The van der Waals surface area contributed by atoms with Crippen LogP contribution in [0.5, 0.6) is 0 Å². The van der Waals surface area contributed by atoms with E-state index in [0.29, 0.717) is 12.2 Å². The molecule has 4 heteroatoms. The van der Waals surface area contributed by atoms with Crippen LogP contribution >= 0.6 is 0 Å². The van der Waals surface area contributed by atoms with Crippen molar-refractivity contribution in [1.82, 2.24) is 0 Å². The van der Waals surface area contributed by atoms with E-state index < -0.39 is 11.7 Å². The average molecular weight is 248 g/mol. The molecule has 1 amide bonds. The number of carbonyl (C=O) groups excluding carboxylic acids is 1. The van der Waals surface area contributed by atoms with Crippen LogP contribution in [0.4, 0.5) is 10.5 Å². The highest BCUT2D eigenvalue weighted by Crippen LogP contribution is 2.18. The van der Waals surface area contributed by atoms with E-state index in [0.717, 1.165) is 5.56 Å². The van der Waals surface area contributed by atoms with Crippen LogP contribution in [0.25, 0.3) is 6.08 Å². The van der Waals surface area contributed by atoms with Crippen molar-refractivity contribution in [1.29, 1.82) is 0 Å². The first-order valence-electron chi connectivity index (χ1n) is 5.88. The van der Waals surface area contributed by atoms with Crippen LogP contribution in [0.15, 0.2) is 30.3 Å². The van der Waals surface area contributed by atoms with E-state index in [1.165, 1.54) is 0 Å². The van der Waals surface area contributed by atoms with Gasteiger partial charge in [0, 0.05) is 6.54 Å². The fourth-order valence-corrected chi connectivity index (χ4v) is 1.36. The fraction of sp³-hybridized carbons (Fsp3) is 0.357. The van der Waals surface area contributed by atoms with Gasteiger partial charge in [-0.15, -0.1) is 0 Å². The summed E-state index contributed by atoms with van der Waals surface area (Å²) in [5.74, 6) is 0. The molecule has 0 radical (unpaired) electrons. The summed E-state index contributed by atoms with van der Waals surface area (Å²) in [5.41, 5.74) is 6.51. The summed E-state index contributed by atoms with van der Waals surface area (Å²) < 4.78 is 5.20. The molecule has 0 aliphatic rings. The highest BCUT2D eigenvalue weighted by Gasteiger charge is 2.16. The Morgan fingerprint density at radius 3 is 2.67 bits per heavy atom. The van der Waals surface area contributed by atoms with Crippen LogP contribution in [-0.2, 0) is 4.74 Å². The first kappa shape index (κ1) is 14.3. The smallest absolute Gasteiger partial charge is 0.412 e. The third kappa shape index (κ3) is 5.01. The van der Waals surface area contributed by atoms with Crippen molar-refractivity contribution in [2.24, 2.45) is 5.73 Å². The Morgan fingerprint density at radius 1 is 1.39 bits per heavy atom. The molecule has 0 fully saturated rings. The molecule has 1 aromatic carbocycles. The maximum atomic E-state index is 11.7. The molecular weight excluding hydrogens is 228 g/mol. The SMILES string of the molecule is CC(C)(C)OC(=O)Nc1ccccc1/C=C/CN. The molecule has 3 N–H and O–H groups in total. The van der Waals surface area contributed by atoms with Crippen LogP contribution in [-0.4, -0.2) is 18.2 Å². The number of benzene rings is 1. The van der Waals surface area contributed by atoms with Gasteiger partial charge in [-0.25, -0.2) is 4.79 Å². The van der Waals surface area contributed by atoms with E-state index in [1.807, 2.05) is 57.2 Å². The molecule has 0 heterocycles. The van der Waals surface area contributed by atoms with E-state index in [9.17, 15) is 4.79 Å². The topological polar surface area (TPSA) is 64.3 Å². The predicted octanol–water partition coefficient (Wildman–Crippen LogP) is 3.01. The van der Waals surface area contributed by atoms with Gasteiger partial charge in [0.1, 0.15) is 5.60 Å². The van der Waals surface area contributed by atoms with Gasteiger partial charge >= 0.3 is 6.09 Å². The van der Waals surface area contributed by atoms with Crippen LogP contribution in [0.2, 0.25) is 0 Å². The van der Waals surface area contributed by atoms with Gasteiger partial charge in [0.2, 0.25) is 0 Å². The van der Waals surface area contributed by atoms with E-state index in [1.54, 1.807) is 0 Å². The third-order valence-electron chi connectivity index (χ3n) is 2.03. The lowest BCUT2D eigenvalue weighted by molar-refractivity contribution is 0.0636. The number of nitrogens with two attached hydrogens (primary N) is 1. The molecule has 0 spiro atoms. The van der Waals surface area contributed by atoms with E-state index in [4.69, 9.17) is 10.5 Å². The lowest BCUT2D eigenvalue weighted by atomic mass is 10.1. The summed E-state index contributed by atoms with van der Waals surface area (Å²) in [4.78, 5) is 11.7. The summed E-state index contributed by atoms with van der Waals surface area (Å²) in [7, 11) is 0. The highest BCUT2D eigenvalue weighted by atomic mass is 16.6. The number of para-hydroxylation sites is 1. The van der Waals surface area contributed by atoms with Gasteiger partial charge in [-0.2, -0.15) is 0 Å². The molecule has 4 nitrogen and oxygen atoms in total. The summed E-state index contributed by atoms with van der Waals surface area (Å²) in [5, 5.41) is 2.72. The summed E-state index contributed by atoms with van der Waals surface area (Å²) >= 11 is 0. The zero-order chi connectivity index (χ0) is 13.6. The van der Waals surface area contributed by atoms with Crippen molar-refractivity contribution < 1.29 is 9.53 Å². The first-order chi connectivity index (χ1) is 8.42. The molecule has 0 bridgehead atoms. The maximum Gasteiger partial charge on any atom is 0.412 e. The number of nitrogens with one attached hydrogen (secondary N) is 1. The van der Waals surface area contributed by atoms with E-state index in [-0.39, 0.29) is 0 Å². The third-order valence-corrected chi connectivity index (χ3v) is 2.03. The number of carbonyl (C=O) groups is 1. The molecule has 18 heavy (non-hydrogen) atoms. The number of amides is 1. The molecule has 1 rings (SSSR count). The Morgan fingerprint density at radius 2 is 2.06 bits per heavy atom. The predicted molar refractivity (Wildman–Crippen MR) is 74.4 cm³/mol. The van der Waals surface area contributed by atoms with Crippen molar-refractivity contribution >= 4 is 17.9 Å². The van der Waals surface area contributed by atoms with Crippen LogP contribution in [0.1, 0.15) is 26.3 Å². The number of hydrogen-bond donors (Lipinski definition) is 2. The van der Waals surface area contributed by atoms with Gasteiger partial charge in [-0.1, -0.05) is 30.4 Å². The summed E-state index contributed by atoms with van der Waals surface area (Å²) in [6.07, 6.45) is 3.23. The lowest BCUT2D eigenvalue weighted by Crippen LogP contribution is -2.27. The van der Waals surface area contributed by atoms with Crippen molar-refractivity contribution in [3.05, 3.63) is 35.9 Å². The Labute approximate surface area is 108 Å². The van der Waals surface area contributed by atoms with Gasteiger partial charge in [0.05, 0.1) is 5.69 Å². The molecule has 98 valence electrons. The number of anilines is 1. The van der Waals surface area contributed by atoms with Crippen LogP contribution < -0.4 is 11.1 Å². The fourth-order valence-electron chi connectivity index (χ4n) is 1.36. The number of hydrogen-bond acceptors (Lipinski definition) is 3. The van der Waals surface area contributed by atoms with E-state index >= 15 is 0 Å². The van der Waals surface area contributed by atoms with Crippen molar-refractivity contribution in [2.45, 2.75) is 26.4 Å². The van der Waals surface area contributed by atoms with Gasteiger partial charge in [0.25, 0.3) is 0 Å². The van der Waals surface area contributed by atoms with Gasteiger partial charge in [-0.05, 0) is 32.4 Å². The second-order valence-electron chi connectivity index (χ2n) is 4.85. The molecule has 0 saturated heterocycles. The Hall–Kier alpha value is -1.81. The Balaban J connectivity index is 2.78. The largest absolute Gasteiger partial charge is 0.444 e. The molecule has 0 saturated carbocycles. The minimum Gasteiger partial charge on any atom is -0.444 e. The zero-order valence-electron chi connectivity index (χ0n) is 11.1. The maximum absolute atomic E-state index is 11.7. The summed E-state index contributed by atoms with van der Waals surface area (Å²) in [6, 6.07) is 7.47. The Bertz CT molecular complexity index is 434. The standard InChI is InChI=1S/C14H20N2O2/c1-14(2,3)18-13(17)16-12-9-5-4-7-11(12)8-6-10-15/h4-9H,10,15H2,1-3H3,(H,16,17)/b8-6+. The normalized spacial score (nSPS) is 11.6. The molecule has 0 unspecified atom stereocenters. The molecule has 0 atom stereocenters. The van der Waals surface area contributed by atoms with Gasteiger partial charge in [0.15, 0.2) is 0 Å². The van der Waals surface area contributed by atoms with Gasteiger partial charge < -0.3 is 10.5 Å². The summed E-state index contributed by atoms with van der Waals surface area (Å²) in [6.45, 7) is 5.94. The number of ether oxygens (including phenoxy) is 1. The van der Waals surface area contributed by atoms with Crippen LogP contribution in [0.3, 0.4) is 0 Å². The average Bonchev–Trinajstić information content (AvgIpc) is 2.25. The van der Waals surface area contributed by atoms with Gasteiger partial charge in [-0.3, -0.25) is 5.32 Å². The molecule has 1 aromatic rings. The Kier molecular flexibility index (Phi) is 4.92. The monoisotopic (exact) mass is 248 g/mol. The van der Waals surface area contributed by atoms with Crippen molar-refractivity contribution in [3.63, 3.8) is 0 Å². The number of rotatable bonds is 3. The molecule has 0 aliphatic heterocycles. The van der Waals surface area contributed by atoms with Crippen LogP contribution in [0, 0.1) is 0 Å². The molecular formula is C14H20N2O2. The molecule has 0 aliphatic carbocycles. The minimum absolute atomic E-state index is 0.459. The minimum atomic E-state index is -0.508. The van der Waals surface area contributed by atoms with E-state index in [2.05, 4.69) is 5.32 Å².